The van der Waals surface area contributed by atoms with Gasteiger partial charge in [0, 0.05) is 10.0 Å². The molecule has 3 aromatic rings. The van der Waals surface area contributed by atoms with Gasteiger partial charge < -0.3 is 10.5 Å². The molecular formula is C19H14BrNO3. The van der Waals surface area contributed by atoms with Crippen LogP contribution in [0.5, 0.6) is 0 Å². The summed E-state index contributed by atoms with van der Waals surface area (Å²) in [6.45, 7) is 0. The number of halogens is 1. The Morgan fingerprint density at radius 3 is 2.42 bits per heavy atom. The molecule has 0 heterocycles. The second kappa shape index (κ2) is 6.84. The molecule has 0 aliphatic carbocycles. The van der Waals surface area contributed by atoms with E-state index in [0.29, 0.717) is 11.1 Å². The maximum Gasteiger partial charge on any atom is 0.339 e. The van der Waals surface area contributed by atoms with Crippen LogP contribution in [0, 0.1) is 0 Å². The Kier molecular flexibility index (Phi) is 4.62. The first-order valence-electron chi connectivity index (χ1n) is 7.30. The molecule has 0 aliphatic heterocycles. The van der Waals surface area contributed by atoms with Crippen LogP contribution in [-0.2, 0) is 9.53 Å². The Morgan fingerprint density at radius 1 is 0.958 bits per heavy atom. The predicted octanol–water partition coefficient (Wildman–Crippen LogP) is 3.99. The number of rotatable bonds is 4. The molecule has 1 atom stereocenters. The number of fused-ring (bicyclic) bond motifs is 1. The molecule has 120 valence electrons. The molecule has 0 saturated heterocycles. The smallest absolute Gasteiger partial charge is 0.339 e. The minimum absolute atomic E-state index is 0.398. The molecule has 0 aliphatic rings. The average molecular weight is 384 g/mol. The van der Waals surface area contributed by atoms with Gasteiger partial charge in [0.1, 0.15) is 0 Å². The van der Waals surface area contributed by atoms with Crippen molar-refractivity contribution in [3.05, 3.63) is 82.3 Å². The summed E-state index contributed by atoms with van der Waals surface area (Å²) >= 11 is 3.33. The third-order valence-electron chi connectivity index (χ3n) is 3.64. The average Bonchev–Trinajstić information content (AvgIpc) is 2.58. The van der Waals surface area contributed by atoms with Crippen molar-refractivity contribution in [1.29, 1.82) is 0 Å². The summed E-state index contributed by atoms with van der Waals surface area (Å²) < 4.78 is 6.18. The van der Waals surface area contributed by atoms with Gasteiger partial charge in [0.2, 0.25) is 6.10 Å². The van der Waals surface area contributed by atoms with Crippen LogP contribution in [0.15, 0.2) is 71.2 Å². The van der Waals surface area contributed by atoms with E-state index in [4.69, 9.17) is 10.5 Å². The largest absolute Gasteiger partial charge is 0.444 e. The van der Waals surface area contributed by atoms with Crippen LogP contribution in [0.1, 0.15) is 22.0 Å². The highest BCUT2D eigenvalue weighted by molar-refractivity contribution is 9.10. The van der Waals surface area contributed by atoms with Crippen molar-refractivity contribution in [1.82, 2.24) is 0 Å². The van der Waals surface area contributed by atoms with Crippen molar-refractivity contribution in [3.63, 3.8) is 0 Å². The highest BCUT2D eigenvalue weighted by atomic mass is 79.9. The lowest BCUT2D eigenvalue weighted by Crippen LogP contribution is -2.26. The monoisotopic (exact) mass is 383 g/mol. The van der Waals surface area contributed by atoms with Crippen LogP contribution < -0.4 is 5.73 Å². The van der Waals surface area contributed by atoms with Crippen molar-refractivity contribution in [2.75, 3.05) is 0 Å². The lowest BCUT2D eigenvalue weighted by molar-refractivity contribution is -0.127. The summed E-state index contributed by atoms with van der Waals surface area (Å²) in [5.41, 5.74) is 6.34. The Labute approximate surface area is 147 Å². The maximum absolute atomic E-state index is 12.6. The van der Waals surface area contributed by atoms with E-state index in [9.17, 15) is 9.59 Å². The number of ether oxygens (including phenoxy) is 1. The van der Waals surface area contributed by atoms with Gasteiger partial charge in [-0.2, -0.15) is 0 Å². The van der Waals surface area contributed by atoms with E-state index in [1.165, 1.54) is 0 Å². The standard InChI is InChI=1S/C19H14BrNO3/c20-14-8-3-7-13(11-14)17(18(21)22)24-19(23)16-10-4-6-12-5-1-2-9-15(12)16/h1-11,17H,(H2,21,22). The molecule has 1 unspecified atom stereocenters. The SMILES string of the molecule is NC(=O)C(OC(=O)c1cccc2ccccc12)c1cccc(Br)c1. The lowest BCUT2D eigenvalue weighted by Gasteiger charge is -2.16. The molecule has 0 bridgehead atoms. The zero-order chi connectivity index (χ0) is 17.1. The fourth-order valence-corrected chi connectivity index (χ4v) is 2.95. The van der Waals surface area contributed by atoms with E-state index in [2.05, 4.69) is 15.9 Å². The number of primary amides is 1. The Hall–Kier alpha value is -2.66. The van der Waals surface area contributed by atoms with Gasteiger partial charge in [-0.3, -0.25) is 4.79 Å². The lowest BCUT2D eigenvalue weighted by atomic mass is 10.0. The molecule has 1 amide bonds. The molecule has 0 saturated carbocycles. The van der Waals surface area contributed by atoms with Crippen LogP contribution in [-0.4, -0.2) is 11.9 Å². The number of hydrogen-bond acceptors (Lipinski definition) is 3. The maximum atomic E-state index is 12.6. The van der Waals surface area contributed by atoms with Crippen molar-refractivity contribution >= 4 is 38.6 Å². The summed E-state index contributed by atoms with van der Waals surface area (Å²) in [5, 5.41) is 1.69. The van der Waals surface area contributed by atoms with Crippen molar-refractivity contribution in [3.8, 4) is 0 Å². The van der Waals surface area contributed by atoms with Crippen molar-refractivity contribution in [2.45, 2.75) is 6.10 Å². The van der Waals surface area contributed by atoms with Crippen LogP contribution in [0.4, 0.5) is 0 Å². The summed E-state index contributed by atoms with van der Waals surface area (Å²) in [7, 11) is 0. The molecule has 24 heavy (non-hydrogen) atoms. The van der Waals surface area contributed by atoms with Gasteiger partial charge in [-0.15, -0.1) is 0 Å². The first kappa shape index (κ1) is 16.2. The van der Waals surface area contributed by atoms with Crippen LogP contribution in [0.2, 0.25) is 0 Å². The summed E-state index contributed by atoms with van der Waals surface area (Å²) in [6.07, 6.45) is -1.14. The minimum Gasteiger partial charge on any atom is -0.444 e. The fourth-order valence-electron chi connectivity index (χ4n) is 2.53. The first-order chi connectivity index (χ1) is 11.6. The minimum atomic E-state index is -1.14. The van der Waals surface area contributed by atoms with Gasteiger partial charge >= 0.3 is 5.97 Å². The van der Waals surface area contributed by atoms with Crippen molar-refractivity contribution in [2.24, 2.45) is 5.73 Å². The second-order valence-electron chi connectivity index (χ2n) is 5.27. The molecule has 0 fully saturated rings. The molecule has 2 N–H and O–H groups in total. The number of esters is 1. The number of nitrogens with two attached hydrogens (primary N) is 1. The second-order valence-corrected chi connectivity index (χ2v) is 6.19. The number of hydrogen-bond donors (Lipinski definition) is 1. The highest BCUT2D eigenvalue weighted by Gasteiger charge is 2.24. The molecule has 5 heteroatoms. The molecule has 3 rings (SSSR count). The van der Waals surface area contributed by atoms with Crippen molar-refractivity contribution < 1.29 is 14.3 Å². The third-order valence-corrected chi connectivity index (χ3v) is 4.14. The van der Waals surface area contributed by atoms with E-state index < -0.39 is 18.0 Å². The molecule has 3 aromatic carbocycles. The topological polar surface area (TPSA) is 69.4 Å². The fraction of sp³-hybridized carbons (Fsp3) is 0.0526. The van der Waals surface area contributed by atoms with Crippen LogP contribution in [0.25, 0.3) is 10.8 Å². The van der Waals surface area contributed by atoms with E-state index in [1.54, 1.807) is 30.3 Å². The Bertz CT molecular complexity index is 918. The zero-order valence-corrected chi connectivity index (χ0v) is 14.2. The van der Waals surface area contributed by atoms with Gasteiger partial charge in [0.15, 0.2) is 0 Å². The third kappa shape index (κ3) is 3.31. The quantitative estimate of drug-likeness (QED) is 0.692. The molecule has 0 aromatic heterocycles. The van der Waals surface area contributed by atoms with E-state index >= 15 is 0 Å². The van der Waals surface area contributed by atoms with Gasteiger partial charge in [-0.25, -0.2) is 4.79 Å². The van der Waals surface area contributed by atoms with Crippen LogP contribution >= 0.6 is 15.9 Å². The molecule has 4 nitrogen and oxygen atoms in total. The number of carbonyl (C=O) groups excluding carboxylic acids is 2. The van der Waals surface area contributed by atoms with E-state index in [-0.39, 0.29) is 0 Å². The summed E-state index contributed by atoms with van der Waals surface area (Å²) in [4.78, 5) is 24.4. The first-order valence-corrected chi connectivity index (χ1v) is 8.09. The van der Waals surface area contributed by atoms with Gasteiger partial charge in [0.25, 0.3) is 5.91 Å². The summed E-state index contributed by atoms with van der Waals surface area (Å²) in [5.74, 6) is -1.31. The number of benzene rings is 3. The van der Waals surface area contributed by atoms with E-state index in [0.717, 1.165) is 15.2 Å². The predicted molar refractivity (Wildman–Crippen MR) is 95.4 cm³/mol. The highest BCUT2D eigenvalue weighted by Crippen LogP contribution is 2.25. The summed E-state index contributed by atoms with van der Waals surface area (Å²) in [6, 6.07) is 19.8. The number of carbonyl (C=O) groups is 2. The Morgan fingerprint density at radius 2 is 1.67 bits per heavy atom. The zero-order valence-electron chi connectivity index (χ0n) is 12.6. The Balaban J connectivity index is 1.95. The van der Waals surface area contributed by atoms with Gasteiger partial charge in [-0.05, 0) is 29.0 Å². The molecule has 0 spiro atoms. The van der Waals surface area contributed by atoms with Gasteiger partial charge in [0.05, 0.1) is 5.56 Å². The molecular weight excluding hydrogens is 370 g/mol. The van der Waals surface area contributed by atoms with Gasteiger partial charge in [-0.1, -0.05) is 64.5 Å². The van der Waals surface area contributed by atoms with E-state index in [1.807, 2.05) is 36.4 Å². The van der Waals surface area contributed by atoms with Crippen LogP contribution in [0.3, 0.4) is 0 Å². The number of amides is 1. The molecule has 0 radical (unpaired) electrons. The normalized spacial score (nSPS) is 11.9.